The van der Waals surface area contributed by atoms with E-state index in [4.69, 9.17) is 11.6 Å². The molecule has 0 fully saturated rings. The molecule has 0 bridgehead atoms. The number of aromatic amines is 1. The summed E-state index contributed by atoms with van der Waals surface area (Å²) in [5, 5.41) is 7.65. The van der Waals surface area contributed by atoms with Crippen molar-refractivity contribution in [3.8, 4) is 0 Å². The third kappa shape index (κ3) is 1.87. The summed E-state index contributed by atoms with van der Waals surface area (Å²) in [6.07, 6.45) is 0. The number of hydrogen-bond acceptors (Lipinski definition) is 1. The molecular weight excluding hydrogens is 203 g/mol. The standard InChI is InChI=1S/C8H6ClFN2.C2H6/c1-4-5-2-6(9)7(10)3-8(5)12-11-4;1-2/h2-3H,1H3,(H,11,12);1-2H3. The van der Waals surface area contributed by atoms with Crippen LogP contribution in [0.2, 0.25) is 5.02 Å². The van der Waals surface area contributed by atoms with Crippen LogP contribution in [0.15, 0.2) is 12.1 Å². The third-order valence-corrected chi connectivity index (χ3v) is 2.08. The van der Waals surface area contributed by atoms with Crippen molar-refractivity contribution in [2.24, 2.45) is 0 Å². The van der Waals surface area contributed by atoms with Crippen molar-refractivity contribution >= 4 is 22.5 Å². The lowest BCUT2D eigenvalue weighted by molar-refractivity contribution is 0.630. The average molecular weight is 215 g/mol. The predicted octanol–water partition coefficient (Wildman–Crippen LogP) is 3.69. The Balaban J connectivity index is 0.000000461. The van der Waals surface area contributed by atoms with Crippen molar-refractivity contribution in [2.75, 3.05) is 0 Å². The van der Waals surface area contributed by atoms with Gasteiger partial charge in [0.25, 0.3) is 0 Å². The summed E-state index contributed by atoms with van der Waals surface area (Å²) in [5.41, 5.74) is 1.50. The van der Waals surface area contributed by atoms with Gasteiger partial charge in [0, 0.05) is 17.1 Å². The first-order valence-electron chi connectivity index (χ1n) is 4.48. The van der Waals surface area contributed by atoms with Crippen LogP contribution >= 0.6 is 11.6 Å². The second kappa shape index (κ2) is 4.42. The molecule has 76 valence electrons. The second-order valence-corrected chi connectivity index (χ2v) is 3.04. The van der Waals surface area contributed by atoms with E-state index in [-0.39, 0.29) is 5.02 Å². The van der Waals surface area contributed by atoms with Gasteiger partial charge in [-0.2, -0.15) is 5.10 Å². The zero-order valence-corrected chi connectivity index (χ0v) is 9.11. The van der Waals surface area contributed by atoms with E-state index >= 15 is 0 Å². The first kappa shape index (κ1) is 11.0. The van der Waals surface area contributed by atoms with Crippen molar-refractivity contribution in [3.05, 3.63) is 28.7 Å². The van der Waals surface area contributed by atoms with Crippen molar-refractivity contribution in [3.63, 3.8) is 0 Å². The van der Waals surface area contributed by atoms with E-state index in [2.05, 4.69) is 10.2 Å². The van der Waals surface area contributed by atoms with Gasteiger partial charge in [-0.15, -0.1) is 0 Å². The van der Waals surface area contributed by atoms with E-state index in [0.29, 0.717) is 5.52 Å². The van der Waals surface area contributed by atoms with Crippen LogP contribution in [-0.2, 0) is 0 Å². The summed E-state index contributed by atoms with van der Waals surface area (Å²) in [5.74, 6) is -0.435. The normalized spacial score (nSPS) is 9.79. The maximum Gasteiger partial charge on any atom is 0.144 e. The molecule has 0 unspecified atom stereocenters. The summed E-state index contributed by atoms with van der Waals surface area (Å²) in [4.78, 5) is 0. The molecule has 14 heavy (non-hydrogen) atoms. The van der Waals surface area contributed by atoms with Crippen LogP contribution in [0.5, 0.6) is 0 Å². The van der Waals surface area contributed by atoms with Gasteiger partial charge in [-0.1, -0.05) is 25.4 Å². The number of rotatable bonds is 0. The summed E-state index contributed by atoms with van der Waals surface area (Å²) in [6, 6.07) is 2.90. The molecule has 2 nitrogen and oxygen atoms in total. The minimum Gasteiger partial charge on any atom is -0.282 e. The molecule has 1 N–H and O–H groups in total. The van der Waals surface area contributed by atoms with Crippen LogP contribution in [0.25, 0.3) is 10.9 Å². The van der Waals surface area contributed by atoms with Gasteiger partial charge in [0.05, 0.1) is 10.5 Å². The molecule has 0 saturated carbocycles. The Morgan fingerprint density at radius 2 is 2.00 bits per heavy atom. The molecule has 0 atom stereocenters. The summed E-state index contributed by atoms with van der Waals surface area (Å²) in [6.45, 7) is 5.86. The van der Waals surface area contributed by atoms with Gasteiger partial charge in [0.1, 0.15) is 5.82 Å². The van der Waals surface area contributed by atoms with Crippen LogP contribution in [0.4, 0.5) is 4.39 Å². The number of nitrogens with zero attached hydrogens (tertiary/aromatic N) is 1. The summed E-state index contributed by atoms with van der Waals surface area (Å²) < 4.78 is 12.9. The lowest BCUT2D eigenvalue weighted by Crippen LogP contribution is -1.77. The molecule has 0 aliphatic heterocycles. The molecule has 0 radical (unpaired) electrons. The zero-order valence-electron chi connectivity index (χ0n) is 8.36. The highest BCUT2D eigenvalue weighted by Gasteiger charge is 2.06. The minimum atomic E-state index is -0.435. The fourth-order valence-electron chi connectivity index (χ4n) is 1.13. The SMILES string of the molecule is CC.Cc1[nH]nc2cc(F)c(Cl)cc12. The smallest absolute Gasteiger partial charge is 0.144 e. The van der Waals surface area contributed by atoms with Crippen LogP contribution < -0.4 is 0 Å². The molecule has 2 rings (SSSR count). The van der Waals surface area contributed by atoms with Crippen molar-refractivity contribution in [1.82, 2.24) is 10.2 Å². The van der Waals surface area contributed by atoms with Crippen LogP contribution in [0.3, 0.4) is 0 Å². The average Bonchev–Trinajstić information content (AvgIpc) is 2.53. The molecule has 1 aromatic carbocycles. The van der Waals surface area contributed by atoms with Gasteiger partial charge in [0.2, 0.25) is 0 Å². The Morgan fingerprint density at radius 3 is 2.64 bits per heavy atom. The van der Waals surface area contributed by atoms with E-state index in [1.54, 1.807) is 6.07 Å². The molecule has 0 amide bonds. The Hall–Kier alpha value is -1.09. The van der Waals surface area contributed by atoms with E-state index in [9.17, 15) is 4.39 Å². The van der Waals surface area contributed by atoms with Crippen molar-refractivity contribution in [2.45, 2.75) is 20.8 Å². The fraction of sp³-hybridized carbons (Fsp3) is 0.300. The quantitative estimate of drug-likeness (QED) is 0.712. The van der Waals surface area contributed by atoms with Gasteiger partial charge in [-0.3, -0.25) is 5.10 Å². The van der Waals surface area contributed by atoms with E-state index in [1.807, 2.05) is 20.8 Å². The Bertz CT molecular complexity index is 437. The molecule has 0 aliphatic rings. The number of hydrogen-bond donors (Lipinski definition) is 1. The van der Waals surface area contributed by atoms with Crippen LogP contribution in [0, 0.1) is 12.7 Å². The Morgan fingerprint density at radius 1 is 1.36 bits per heavy atom. The number of aromatic nitrogens is 2. The number of fused-ring (bicyclic) bond motifs is 1. The highest BCUT2D eigenvalue weighted by Crippen LogP contribution is 2.22. The molecule has 4 heteroatoms. The first-order chi connectivity index (χ1) is 6.68. The number of aryl methyl sites for hydroxylation is 1. The first-order valence-corrected chi connectivity index (χ1v) is 4.86. The lowest BCUT2D eigenvalue weighted by atomic mass is 10.2. The molecule has 0 saturated heterocycles. The van der Waals surface area contributed by atoms with E-state index < -0.39 is 5.82 Å². The van der Waals surface area contributed by atoms with Crippen LogP contribution in [0.1, 0.15) is 19.5 Å². The molecule has 0 aliphatic carbocycles. The molecule has 2 aromatic rings. The van der Waals surface area contributed by atoms with Crippen molar-refractivity contribution in [1.29, 1.82) is 0 Å². The lowest BCUT2D eigenvalue weighted by Gasteiger charge is -1.93. The van der Waals surface area contributed by atoms with Gasteiger partial charge in [0.15, 0.2) is 0 Å². The Kier molecular flexibility index (Phi) is 3.47. The van der Waals surface area contributed by atoms with E-state index in [1.165, 1.54) is 6.07 Å². The molecule has 1 heterocycles. The zero-order chi connectivity index (χ0) is 10.7. The Labute approximate surface area is 87.1 Å². The molecule has 1 aromatic heterocycles. The number of nitrogens with one attached hydrogen (secondary N) is 1. The van der Waals surface area contributed by atoms with Gasteiger partial charge in [-0.05, 0) is 13.0 Å². The highest BCUT2D eigenvalue weighted by atomic mass is 35.5. The fourth-order valence-corrected chi connectivity index (χ4v) is 1.30. The van der Waals surface area contributed by atoms with Crippen molar-refractivity contribution < 1.29 is 4.39 Å². The number of halogens is 2. The van der Waals surface area contributed by atoms with Gasteiger partial charge >= 0.3 is 0 Å². The minimum absolute atomic E-state index is 0.131. The largest absolute Gasteiger partial charge is 0.282 e. The van der Waals surface area contributed by atoms with Gasteiger partial charge < -0.3 is 0 Å². The number of benzene rings is 1. The molecular formula is C10H12ClFN2. The maximum atomic E-state index is 12.9. The number of H-pyrrole nitrogens is 1. The van der Waals surface area contributed by atoms with E-state index in [0.717, 1.165) is 11.1 Å². The maximum absolute atomic E-state index is 12.9. The predicted molar refractivity (Wildman–Crippen MR) is 57.1 cm³/mol. The second-order valence-electron chi connectivity index (χ2n) is 2.63. The topological polar surface area (TPSA) is 28.7 Å². The summed E-state index contributed by atoms with van der Waals surface area (Å²) >= 11 is 5.60. The molecule has 0 spiro atoms. The van der Waals surface area contributed by atoms with Gasteiger partial charge in [-0.25, -0.2) is 4.39 Å². The highest BCUT2D eigenvalue weighted by molar-refractivity contribution is 6.31. The third-order valence-electron chi connectivity index (χ3n) is 1.79. The summed E-state index contributed by atoms with van der Waals surface area (Å²) in [7, 11) is 0. The van der Waals surface area contributed by atoms with Crippen LogP contribution in [-0.4, -0.2) is 10.2 Å². The monoisotopic (exact) mass is 214 g/mol.